The van der Waals surface area contributed by atoms with Gasteiger partial charge in [0.25, 0.3) is 5.91 Å². The van der Waals surface area contributed by atoms with Gasteiger partial charge in [0.1, 0.15) is 0 Å². The summed E-state index contributed by atoms with van der Waals surface area (Å²) in [6, 6.07) is 5.90. The maximum absolute atomic E-state index is 12.5. The maximum Gasteiger partial charge on any atom is 0.262 e. The molecule has 122 valence electrons. The number of aromatic nitrogens is 3. The van der Waals surface area contributed by atoms with Crippen LogP contribution in [0.2, 0.25) is 0 Å². The summed E-state index contributed by atoms with van der Waals surface area (Å²) in [7, 11) is 0. The number of pyridine rings is 1. The molecular formula is C18H18N4OS. The third-order valence-corrected chi connectivity index (χ3v) is 5.48. The molecule has 0 radical (unpaired) electrons. The topological polar surface area (TPSA) is 59.8 Å². The van der Waals surface area contributed by atoms with Crippen molar-refractivity contribution in [1.82, 2.24) is 20.1 Å². The number of nitrogens with one attached hydrogen (secondary N) is 1. The molecule has 0 saturated carbocycles. The lowest BCUT2D eigenvalue weighted by Gasteiger charge is -2.24. The molecule has 4 rings (SSSR count). The first-order chi connectivity index (χ1) is 11.7. The minimum Gasteiger partial charge on any atom is -0.344 e. The lowest BCUT2D eigenvalue weighted by atomic mass is 9.92. The molecule has 0 unspecified atom stereocenters. The molecule has 1 aliphatic rings. The van der Waals surface area contributed by atoms with Crippen LogP contribution in [0.25, 0.3) is 5.69 Å². The second-order valence-electron chi connectivity index (χ2n) is 6.01. The van der Waals surface area contributed by atoms with Crippen molar-refractivity contribution < 1.29 is 4.79 Å². The lowest BCUT2D eigenvalue weighted by Crippen LogP contribution is -2.30. The van der Waals surface area contributed by atoms with Gasteiger partial charge in [0.05, 0.1) is 22.8 Å². The van der Waals surface area contributed by atoms with Crippen LogP contribution in [0.4, 0.5) is 0 Å². The van der Waals surface area contributed by atoms with Crippen molar-refractivity contribution in [3.8, 4) is 5.69 Å². The van der Waals surface area contributed by atoms with Gasteiger partial charge in [-0.1, -0.05) is 0 Å². The molecule has 0 bridgehead atoms. The fourth-order valence-corrected chi connectivity index (χ4v) is 4.07. The molecule has 5 nitrogen and oxygen atoms in total. The van der Waals surface area contributed by atoms with Crippen LogP contribution in [0.1, 0.15) is 45.4 Å². The summed E-state index contributed by atoms with van der Waals surface area (Å²) in [4.78, 5) is 17.4. The summed E-state index contributed by atoms with van der Waals surface area (Å²) in [6.07, 6.45) is 8.39. The number of amides is 1. The quantitative estimate of drug-likeness (QED) is 0.796. The number of thiophene rings is 1. The molecule has 3 aromatic rings. The summed E-state index contributed by atoms with van der Waals surface area (Å²) in [5.74, 6) is 0.0111. The number of carbonyl (C=O) groups excluding carboxylic acids is 1. The molecule has 0 aliphatic heterocycles. The fourth-order valence-electron chi connectivity index (χ4n) is 3.24. The number of carbonyl (C=O) groups is 1. The maximum atomic E-state index is 12.5. The van der Waals surface area contributed by atoms with Gasteiger partial charge in [0.2, 0.25) is 0 Å². The number of hydrogen-bond acceptors (Lipinski definition) is 4. The van der Waals surface area contributed by atoms with E-state index < -0.39 is 0 Å². The minimum atomic E-state index is 0.0111. The highest BCUT2D eigenvalue weighted by atomic mass is 32.1. The van der Waals surface area contributed by atoms with Gasteiger partial charge in [-0.25, -0.2) is 4.68 Å². The summed E-state index contributed by atoms with van der Waals surface area (Å²) in [5.41, 5.74) is 4.34. The largest absolute Gasteiger partial charge is 0.344 e. The van der Waals surface area contributed by atoms with E-state index in [-0.39, 0.29) is 11.9 Å². The number of aryl methyl sites for hydroxylation is 1. The Morgan fingerprint density at radius 3 is 2.92 bits per heavy atom. The van der Waals surface area contributed by atoms with Crippen LogP contribution in [-0.2, 0) is 6.42 Å². The van der Waals surface area contributed by atoms with Crippen molar-refractivity contribution in [3.05, 3.63) is 63.9 Å². The van der Waals surface area contributed by atoms with Gasteiger partial charge in [-0.3, -0.25) is 9.78 Å². The molecular weight excluding hydrogens is 320 g/mol. The highest BCUT2D eigenvalue weighted by molar-refractivity contribution is 7.12. The van der Waals surface area contributed by atoms with Crippen LogP contribution in [0, 0.1) is 6.92 Å². The SMILES string of the molecule is Cc1ccsc1C(=O)N[C@@H]1CCCc2c1cnn2-c1ccncc1. The van der Waals surface area contributed by atoms with Gasteiger partial charge < -0.3 is 5.32 Å². The van der Waals surface area contributed by atoms with Crippen molar-refractivity contribution in [1.29, 1.82) is 0 Å². The number of nitrogens with zero attached hydrogens (tertiary/aromatic N) is 3. The second kappa shape index (κ2) is 6.20. The van der Waals surface area contributed by atoms with Gasteiger partial charge in [-0.2, -0.15) is 5.10 Å². The average molecular weight is 338 g/mol. The summed E-state index contributed by atoms with van der Waals surface area (Å²) < 4.78 is 1.96. The molecule has 0 fully saturated rings. The number of hydrogen-bond donors (Lipinski definition) is 1. The average Bonchev–Trinajstić information content (AvgIpc) is 3.22. The minimum absolute atomic E-state index is 0.0111. The van der Waals surface area contributed by atoms with Crippen molar-refractivity contribution in [2.24, 2.45) is 0 Å². The number of fused-ring (bicyclic) bond motifs is 1. The van der Waals surface area contributed by atoms with Crippen molar-refractivity contribution >= 4 is 17.2 Å². The molecule has 0 aromatic carbocycles. The molecule has 0 spiro atoms. The molecule has 1 N–H and O–H groups in total. The van der Waals surface area contributed by atoms with E-state index in [1.807, 2.05) is 41.4 Å². The van der Waals surface area contributed by atoms with Crippen LogP contribution in [0.5, 0.6) is 0 Å². The second-order valence-corrected chi connectivity index (χ2v) is 6.93. The van der Waals surface area contributed by atoms with E-state index in [0.717, 1.165) is 41.0 Å². The molecule has 1 atom stereocenters. The Kier molecular flexibility index (Phi) is 3.90. The Balaban J connectivity index is 1.62. The van der Waals surface area contributed by atoms with Crippen molar-refractivity contribution in [2.45, 2.75) is 32.2 Å². The normalized spacial score (nSPS) is 16.6. The molecule has 0 saturated heterocycles. The zero-order chi connectivity index (χ0) is 16.5. The predicted octanol–water partition coefficient (Wildman–Crippen LogP) is 3.44. The predicted molar refractivity (Wildman–Crippen MR) is 93.6 cm³/mol. The van der Waals surface area contributed by atoms with Crippen LogP contribution in [0.3, 0.4) is 0 Å². The Morgan fingerprint density at radius 1 is 1.33 bits per heavy atom. The summed E-state index contributed by atoms with van der Waals surface area (Å²) in [6.45, 7) is 1.97. The van der Waals surface area contributed by atoms with Gasteiger partial charge in [0, 0.05) is 23.7 Å². The van der Waals surface area contributed by atoms with Gasteiger partial charge >= 0.3 is 0 Å². The van der Waals surface area contributed by atoms with Crippen molar-refractivity contribution in [3.63, 3.8) is 0 Å². The monoisotopic (exact) mass is 338 g/mol. The molecule has 6 heteroatoms. The molecule has 24 heavy (non-hydrogen) atoms. The molecule has 1 aliphatic carbocycles. The zero-order valence-corrected chi connectivity index (χ0v) is 14.2. The third-order valence-electron chi connectivity index (χ3n) is 4.46. The standard InChI is InChI=1S/C18H18N4OS/c1-12-7-10-24-17(12)18(23)21-15-3-2-4-16-14(15)11-20-22(16)13-5-8-19-9-6-13/h5-11,15H,2-4H2,1H3,(H,21,23)/t15-/m1/s1. The zero-order valence-electron chi connectivity index (χ0n) is 13.4. The third kappa shape index (κ3) is 2.63. The highest BCUT2D eigenvalue weighted by Gasteiger charge is 2.26. The van der Waals surface area contributed by atoms with Gasteiger partial charge in [0.15, 0.2) is 0 Å². The van der Waals surface area contributed by atoms with E-state index in [9.17, 15) is 4.79 Å². The van der Waals surface area contributed by atoms with E-state index >= 15 is 0 Å². The molecule has 3 heterocycles. The van der Waals surface area contributed by atoms with Crippen LogP contribution in [0.15, 0.2) is 42.2 Å². The van der Waals surface area contributed by atoms with Crippen LogP contribution in [-0.4, -0.2) is 20.7 Å². The van der Waals surface area contributed by atoms with Crippen LogP contribution < -0.4 is 5.32 Å². The molecule has 3 aromatic heterocycles. The Bertz CT molecular complexity index is 868. The van der Waals surface area contributed by atoms with E-state index in [0.29, 0.717) is 0 Å². The van der Waals surface area contributed by atoms with Gasteiger partial charge in [-0.15, -0.1) is 11.3 Å². The van der Waals surface area contributed by atoms with E-state index in [1.54, 1.807) is 12.4 Å². The van der Waals surface area contributed by atoms with Gasteiger partial charge in [-0.05, 0) is 55.3 Å². The first kappa shape index (κ1) is 15.1. The summed E-state index contributed by atoms with van der Waals surface area (Å²) >= 11 is 1.49. The highest BCUT2D eigenvalue weighted by Crippen LogP contribution is 2.31. The van der Waals surface area contributed by atoms with Crippen LogP contribution >= 0.6 is 11.3 Å². The fraction of sp³-hybridized carbons (Fsp3) is 0.278. The molecule has 1 amide bonds. The lowest BCUT2D eigenvalue weighted by molar-refractivity contribution is 0.0936. The van der Waals surface area contributed by atoms with E-state index in [4.69, 9.17) is 0 Å². The summed E-state index contributed by atoms with van der Waals surface area (Å²) in [5, 5.41) is 9.69. The number of rotatable bonds is 3. The van der Waals surface area contributed by atoms with Crippen molar-refractivity contribution in [2.75, 3.05) is 0 Å². The Hall–Kier alpha value is -2.47. The Morgan fingerprint density at radius 2 is 2.17 bits per heavy atom. The first-order valence-corrected chi connectivity index (χ1v) is 8.94. The van der Waals surface area contributed by atoms with E-state index in [2.05, 4.69) is 15.4 Å². The van der Waals surface area contributed by atoms with E-state index in [1.165, 1.54) is 17.0 Å². The Labute approximate surface area is 144 Å². The first-order valence-electron chi connectivity index (χ1n) is 8.06. The smallest absolute Gasteiger partial charge is 0.262 e.